The van der Waals surface area contributed by atoms with Crippen molar-refractivity contribution in [1.29, 1.82) is 0 Å². The zero-order valence-electron chi connectivity index (χ0n) is 12.3. The lowest BCUT2D eigenvalue weighted by atomic mass is 9.99. The molecule has 0 aromatic heterocycles. The molecule has 0 fully saturated rings. The third kappa shape index (κ3) is 6.27. The Labute approximate surface area is 124 Å². The van der Waals surface area contributed by atoms with Gasteiger partial charge in [-0.15, -0.1) is 0 Å². The van der Waals surface area contributed by atoms with Gasteiger partial charge in [-0.05, 0) is 18.9 Å². The molecule has 1 rings (SSSR count). The maximum Gasteiger partial charge on any atom is 0.315 e. The number of hydrogen-bond acceptors (Lipinski definition) is 3. The molecule has 0 heterocycles. The number of nitrogens with one attached hydrogen (secondary N) is 2. The van der Waals surface area contributed by atoms with Crippen molar-refractivity contribution in [2.24, 2.45) is 0 Å². The van der Waals surface area contributed by atoms with Crippen molar-refractivity contribution in [2.45, 2.75) is 25.3 Å². The molecule has 6 heteroatoms. The molecule has 1 aromatic rings. The number of urea groups is 1. The first-order chi connectivity index (χ1) is 10.0. The quantitative estimate of drug-likeness (QED) is 0.679. The first-order valence-electron chi connectivity index (χ1n) is 6.85. The van der Waals surface area contributed by atoms with Crippen LogP contribution >= 0.6 is 0 Å². The van der Waals surface area contributed by atoms with Crippen LogP contribution in [0, 0.1) is 0 Å². The molecule has 0 aliphatic rings. The summed E-state index contributed by atoms with van der Waals surface area (Å²) in [5, 5.41) is 14.6. The molecule has 0 radical (unpaired) electrons. The standard InChI is InChI=1S/C15H22N2O4/c1-11(8-9-21-2)17-15(20)16-10-13(14(18)19)12-6-4-3-5-7-12/h3-7,11,13H,8-10H2,1-2H3,(H,18,19)(H2,16,17,20). The summed E-state index contributed by atoms with van der Waals surface area (Å²) >= 11 is 0. The molecule has 0 saturated carbocycles. The summed E-state index contributed by atoms with van der Waals surface area (Å²) < 4.78 is 4.93. The second-order valence-electron chi connectivity index (χ2n) is 4.84. The van der Waals surface area contributed by atoms with Gasteiger partial charge in [0.2, 0.25) is 0 Å². The lowest BCUT2D eigenvalue weighted by Gasteiger charge is -2.17. The molecule has 0 aliphatic heterocycles. The van der Waals surface area contributed by atoms with Crippen molar-refractivity contribution in [1.82, 2.24) is 10.6 Å². The predicted molar refractivity (Wildman–Crippen MR) is 79.3 cm³/mol. The zero-order chi connectivity index (χ0) is 15.7. The maximum absolute atomic E-state index is 11.7. The second kappa shape index (κ2) is 8.97. The van der Waals surface area contributed by atoms with Crippen LogP contribution in [0.5, 0.6) is 0 Å². The van der Waals surface area contributed by atoms with Crippen molar-refractivity contribution >= 4 is 12.0 Å². The Kier molecular flexibility index (Phi) is 7.25. The van der Waals surface area contributed by atoms with Crippen LogP contribution < -0.4 is 10.6 Å². The minimum absolute atomic E-state index is 0.0371. The number of methoxy groups -OCH3 is 1. The van der Waals surface area contributed by atoms with Gasteiger partial charge in [-0.2, -0.15) is 0 Å². The number of amides is 2. The Bertz CT molecular complexity index is 450. The molecular weight excluding hydrogens is 272 g/mol. The van der Waals surface area contributed by atoms with E-state index in [2.05, 4.69) is 10.6 Å². The van der Waals surface area contributed by atoms with Gasteiger partial charge >= 0.3 is 12.0 Å². The van der Waals surface area contributed by atoms with Gasteiger partial charge in [0, 0.05) is 26.3 Å². The van der Waals surface area contributed by atoms with Crippen molar-refractivity contribution in [2.75, 3.05) is 20.3 Å². The number of benzene rings is 1. The Morgan fingerprint density at radius 1 is 1.29 bits per heavy atom. The normalized spacial score (nSPS) is 13.2. The molecule has 1 aromatic carbocycles. The largest absolute Gasteiger partial charge is 0.481 e. The lowest BCUT2D eigenvalue weighted by Crippen LogP contribution is -2.43. The summed E-state index contributed by atoms with van der Waals surface area (Å²) in [6, 6.07) is 8.43. The Morgan fingerprint density at radius 2 is 1.95 bits per heavy atom. The van der Waals surface area contributed by atoms with Gasteiger partial charge in [0.1, 0.15) is 0 Å². The van der Waals surface area contributed by atoms with E-state index in [1.54, 1.807) is 31.4 Å². The zero-order valence-corrected chi connectivity index (χ0v) is 12.3. The highest BCUT2D eigenvalue weighted by Gasteiger charge is 2.20. The number of hydrogen-bond donors (Lipinski definition) is 3. The first kappa shape index (κ1) is 17.0. The second-order valence-corrected chi connectivity index (χ2v) is 4.84. The van der Waals surface area contributed by atoms with E-state index in [1.165, 1.54) is 0 Å². The lowest BCUT2D eigenvalue weighted by molar-refractivity contribution is -0.138. The highest BCUT2D eigenvalue weighted by atomic mass is 16.5. The van der Waals surface area contributed by atoms with Crippen molar-refractivity contribution in [3.8, 4) is 0 Å². The summed E-state index contributed by atoms with van der Waals surface area (Å²) in [5.41, 5.74) is 0.665. The highest BCUT2D eigenvalue weighted by Crippen LogP contribution is 2.14. The van der Waals surface area contributed by atoms with Gasteiger partial charge in [-0.1, -0.05) is 30.3 Å². The number of ether oxygens (including phenoxy) is 1. The van der Waals surface area contributed by atoms with Crippen LogP contribution in [-0.2, 0) is 9.53 Å². The first-order valence-corrected chi connectivity index (χ1v) is 6.85. The van der Waals surface area contributed by atoms with Crippen LogP contribution in [0.25, 0.3) is 0 Å². The molecule has 116 valence electrons. The smallest absolute Gasteiger partial charge is 0.315 e. The molecule has 2 unspecified atom stereocenters. The molecule has 21 heavy (non-hydrogen) atoms. The van der Waals surface area contributed by atoms with Gasteiger partial charge < -0.3 is 20.5 Å². The maximum atomic E-state index is 11.7. The molecule has 0 aliphatic carbocycles. The molecule has 6 nitrogen and oxygen atoms in total. The summed E-state index contributed by atoms with van der Waals surface area (Å²) in [4.78, 5) is 23.0. The van der Waals surface area contributed by atoms with E-state index in [4.69, 9.17) is 4.74 Å². The number of aliphatic carboxylic acids is 1. The van der Waals surface area contributed by atoms with E-state index >= 15 is 0 Å². The SMILES string of the molecule is COCCC(C)NC(=O)NCC(C(=O)O)c1ccccc1. The molecule has 2 amide bonds. The van der Waals surface area contributed by atoms with E-state index in [0.29, 0.717) is 18.6 Å². The van der Waals surface area contributed by atoms with E-state index in [-0.39, 0.29) is 18.6 Å². The fourth-order valence-electron chi connectivity index (χ4n) is 1.87. The molecule has 0 spiro atoms. The fraction of sp³-hybridized carbons (Fsp3) is 0.467. The predicted octanol–water partition coefficient (Wildman–Crippen LogP) is 1.58. The van der Waals surface area contributed by atoms with Crippen molar-refractivity contribution in [3.05, 3.63) is 35.9 Å². The topological polar surface area (TPSA) is 87.7 Å². The van der Waals surface area contributed by atoms with E-state index in [9.17, 15) is 14.7 Å². The van der Waals surface area contributed by atoms with Crippen LogP contribution in [0.3, 0.4) is 0 Å². The van der Waals surface area contributed by atoms with E-state index < -0.39 is 11.9 Å². The molecule has 3 N–H and O–H groups in total. The van der Waals surface area contributed by atoms with Gasteiger partial charge in [-0.25, -0.2) is 4.79 Å². The van der Waals surface area contributed by atoms with Crippen LogP contribution in [0.4, 0.5) is 4.79 Å². The monoisotopic (exact) mass is 294 g/mol. The summed E-state index contributed by atoms with van der Waals surface area (Å²) in [6.45, 7) is 2.47. The summed E-state index contributed by atoms with van der Waals surface area (Å²) in [5.74, 6) is -1.72. The van der Waals surface area contributed by atoms with Crippen LogP contribution in [0.15, 0.2) is 30.3 Å². The van der Waals surface area contributed by atoms with Gasteiger partial charge in [0.25, 0.3) is 0 Å². The highest BCUT2D eigenvalue weighted by molar-refractivity contribution is 5.79. The summed E-state index contributed by atoms with van der Waals surface area (Å²) in [7, 11) is 1.60. The van der Waals surface area contributed by atoms with Crippen LogP contribution in [0.1, 0.15) is 24.8 Å². The Balaban J connectivity index is 2.47. The molecule has 0 bridgehead atoms. The average Bonchev–Trinajstić information content (AvgIpc) is 2.46. The number of rotatable bonds is 8. The van der Waals surface area contributed by atoms with Crippen LogP contribution in [0.2, 0.25) is 0 Å². The van der Waals surface area contributed by atoms with Gasteiger partial charge in [-0.3, -0.25) is 4.79 Å². The van der Waals surface area contributed by atoms with E-state index in [1.807, 2.05) is 13.0 Å². The third-order valence-electron chi connectivity index (χ3n) is 3.10. The number of carbonyl (C=O) groups excluding carboxylic acids is 1. The van der Waals surface area contributed by atoms with Crippen molar-refractivity contribution < 1.29 is 19.4 Å². The fourth-order valence-corrected chi connectivity index (χ4v) is 1.87. The summed E-state index contributed by atoms with van der Waals surface area (Å²) in [6.07, 6.45) is 0.699. The number of carboxylic acids is 1. The molecule has 0 saturated heterocycles. The average molecular weight is 294 g/mol. The number of carboxylic acid groups (broad SMARTS) is 1. The Hall–Kier alpha value is -2.08. The molecule has 2 atom stereocenters. The Morgan fingerprint density at radius 3 is 2.52 bits per heavy atom. The van der Waals surface area contributed by atoms with Gasteiger partial charge in [0.15, 0.2) is 0 Å². The van der Waals surface area contributed by atoms with Crippen LogP contribution in [-0.4, -0.2) is 43.4 Å². The minimum atomic E-state index is -0.964. The minimum Gasteiger partial charge on any atom is -0.481 e. The van der Waals surface area contributed by atoms with Gasteiger partial charge in [0.05, 0.1) is 5.92 Å². The number of carbonyl (C=O) groups is 2. The van der Waals surface area contributed by atoms with Crippen molar-refractivity contribution in [3.63, 3.8) is 0 Å². The molecular formula is C15H22N2O4. The van der Waals surface area contributed by atoms with E-state index in [0.717, 1.165) is 0 Å². The third-order valence-corrected chi connectivity index (χ3v) is 3.10.